The van der Waals surface area contributed by atoms with Gasteiger partial charge in [-0.15, -0.1) is 0 Å². The third-order valence-electron chi connectivity index (χ3n) is 4.66. The molecule has 3 rings (SSSR count). The van der Waals surface area contributed by atoms with Crippen molar-refractivity contribution in [3.05, 3.63) is 54.0 Å². The molecule has 0 spiro atoms. The highest BCUT2D eigenvalue weighted by Gasteiger charge is 2.34. The van der Waals surface area contributed by atoms with Crippen LogP contribution in [-0.4, -0.2) is 31.2 Å². The molecule has 1 fully saturated rings. The zero-order chi connectivity index (χ0) is 18.6. The van der Waals surface area contributed by atoms with Gasteiger partial charge in [0, 0.05) is 19.0 Å². The highest BCUT2D eigenvalue weighted by Crippen LogP contribution is 2.27. The van der Waals surface area contributed by atoms with Crippen LogP contribution >= 0.6 is 0 Å². The lowest BCUT2D eigenvalue weighted by Gasteiger charge is -2.34. The molecule has 0 bridgehead atoms. The molecule has 2 heterocycles. The van der Waals surface area contributed by atoms with E-state index >= 15 is 0 Å². The number of piperidine rings is 1. The molecule has 6 nitrogen and oxygen atoms in total. The summed E-state index contributed by atoms with van der Waals surface area (Å²) < 4.78 is 32.7. The monoisotopic (exact) mass is 376 g/mol. The summed E-state index contributed by atoms with van der Waals surface area (Å²) in [7, 11) is -3.60. The zero-order valence-corrected chi connectivity index (χ0v) is 15.7. The number of hydrogen-bond acceptors (Lipinski definition) is 4. The molecule has 0 radical (unpaired) electrons. The number of hydrogen-bond donors (Lipinski definition) is 1. The molecule has 1 N–H and O–H groups in total. The fourth-order valence-electron chi connectivity index (χ4n) is 3.23. The van der Waals surface area contributed by atoms with E-state index in [1.54, 1.807) is 42.7 Å². The van der Waals surface area contributed by atoms with Crippen molar-refractivity contribution in [1.29, 1.82) is 0 Å². The lowest BCUT2D eigenvalue weighted by molar-refractivity contribution is -0.122. The standard InChI is InChI=1S/C19H24N2O4S/c1-15-7-9-18(10-8-15)26(23,24)21-11-3-2-5-16(21)13-19(22)20-14-17-6-4-12-25-17/h4,6-10,12,16H,2-3,5,11,13-14H2,1H3,(H,20,22)/t16-/m1/s1. The molecule has 1 amide bonds. The first-order valence-electron chi connectivity index (χ1n) is 8.84. The lowest BCUT2D eigenvalue weighted by atomic mass is 10.0. The van der Waals surface area contributed by atoms with Crippen LogP contribution in [0.2, 0.25) is 0 Å². The van der Waals surface area contributed by atoms with Crippen LogP contribution in [0.5, 0.6) is 0 Å². The van der Waals surface area contributed by atoms with Gasteiger partial charge in [0.05, 0.1) is 17.7 Å². The number of furan rings is 1. The second-order valence-electron chi connectivity index (χ2n) is 6.64. The van der Waals surface area contributed by atoms with Crippen molar-refractivity contribution < 1.29 is 17.6 Å². The van der Waals surface area contributed by atoms with Gasteiger partial charge in [-0.1, -0.05) is 24.1 Å². The fourth-order valence-corrected chi connectivity index (χ4v) is 4.92. The van der Waals surface area contributed by atoms with Crippen LogP contribution < -0.4 is 5.32 Å². The molecule has 1 aliphatic heterocycles. The molecule has 0 unspecified atom stereocenters. The molecule has 2 aromatic rings. The molecule has 140 valence electrons. The van der Waals surface area contributed by atoms with Gasteiger partial charge < -0.3 is 9.73 Å². The number of benzene rings is 1. The Hall–Kier alpha value is -2.12. The minimum Gasteiger partial charge on any atom is -0.467 e. The third-order valence-corrected chi connectivity index (χ3v) is 6.63. The van der Waals surface area contributed by atoms with Crippen molar-refractivity contribution in [3.63, 3.8) is 0 Å². The summed E-state index contributed by atoms with van der Waals surface area (Å²) in [5, 5.41) is 2.80. The summed E-state index contributed by atoms with van der Waals surface area (Å²) in [6.07, 6.45) is 4.15. The fraction of sp³-hybridized carbons (Fsp3) is 0.421. The van der Waals surface area contributed by atoms with Crippen LogP contribution in [0.15, 0.2) is 52.0 Å². The minimum absolute atomic E-state index is 0.159. The number of nitrogens with one attached hydrogen (secondary N) is 1. The molecule has 1 aromatic heterocycles. The van der Waals surface area contributed by atoms with Crippen molar-refractivity contribution in [2.24, 2.45) is 0 Å². The summed E-state index contributed by atoms with van der Waals surface area (Å²) in [6, 6.07) is 10.1. The molecule has 1 aliphatic rings. The Labute approximate surface area is 154 Å². The largest absolute Gasteiger partial charge is 0.467 e. The quantitative estimate of drug-likeness (QED) is 0.841. The van der Waals surface area contributed by atoms with Crippen molar-refractivity contribution in [1.82, 2.24) is 9.62 Å². The summed E-state index contributed by atoms with van der Waals surface area (Å²) in [4.78, 5) is 12.6. The maximum atomic E-state index is 13.0. The smallest absolute Gasteiger partial charge is 0.243 e. The topological polar surface area (TPSA) is 79.6 Å². The van der Waals surface area contributed by atoms with Gasteiger partial charge in [-0.3, -0.25) is 4.79 Å². The Bertz CT molecular complexity index is 829. The summed E-state index contributed by atoms with van der Waals surface area (Å²) in [5.74, 6) is 0.503. The van der Waals surface area contributed by atoms with Gasteiger partial charge in [0.2, 0.25) is 15.9 Å². The van der Waals surface area contributed by atoms with E-state index in [9.17, 15) is 13.2 Å². The van der Waals surface area contributed by atoms with E-state index in [-0.39, 0.29) is 23.3 Å². The Balaban J connectivity index is 1.68. The average Bonchev–Trinajstić information content (AvgIpc) is 3.14. The summed E-state index contributed by atoms with van der Waals surface area (Å²) in [6.45, 7) is 2.68. The molecule has 1 saturated heterocycles. The van der Waals surface area contributed by atoms with Crippen LogP contribution in [0.4, 0.5) is 0 Å². The maximum absolute atomic E-state index is 13.0. The first-order chi connectivity index (χ1) is 12.5. The van der Waals surface area contributed by atoms with E-state index < -0.39 is 10.0 Å². The lowest BCUT2D eigenvalue weighted by Crippen LogP contribution is -2.45. The maximum Gasteiger partial charge on any atom is 0.243 e. The predicted octanol–water partition coefficient (Wildman–Crippen LogP) is 2.84. The van der Waals surface area contributed by atoms with Gasteiger partial charge in [0.25, 0.3) is 0 Å². The molecule has 0 aliphatic carbocycles. The Morgan fingerprint density at radius 2 is 2.00 bits per heavy atom. The molecule has 0 saturated carbocycles. The van der Waals surface area contributed by atoms with Gasteiger partial charge in [-0.2, -0.15) is 4.31 Å². The highest BCUT2D eigenvalue weighted by atomic mass is 32.2. The Kier molecular flexibility index (Phi) is 5.78. The number of sulfonamides is 1. The second-order valence-corrected chi connectivity index (χ2v) is 8.53. The van der Waals surface area contributed by atoms with Crippen LogP contribution in [0.3, 0.4) is 0 Å². The van der Waals surface area contributed by atoms with E-state index in [2.05, 4.69) is 5.32 Å². The predicted molar refractivity (Wildman–Crippen MR) is 97.9 cm³/mol. The van der Waals surface area contributed by atoms with E-state index in [1.165, 1.54) is 4.31 Å². The number of rotatable bonds is 6. The first-order valence-corrected chi connectivity index (χ1v) is 10.3. The number of amides is 1. The Morgan fingerprint density at radius 1 is 1.23 bits per heavy atom. The van der Waals surface area contributed by atoms with E-state index in [0.29, 0.717) is 25.3 Å². The summed E-state index contributed by atoms with van der Waals surface area (Å²) >= 11 is 0. The third kappa shape index (κ3) is 4.34. The van der Waals surface area contributed by atoms with Crippen molar-refractivity contribution in [2.45, 2.75) is 50.1 Å². The van der Waals surface area contributed by atoms with Gasteiger partial charge in [-0.05, 0) is 44.0 Å². The van der Waals surface area contributed by atoms with Crippen LogP contribution in [-0.2, 0) is 21.4 Å². The van der Waals surface area contributed by atoms with E-state index in [1.807, 2.05) is 6.92 Å². The highest BCUT2D eigenvalue weighted by molar-refractivity contribution is 7.89. The van der Waals surface area contributed by atoms with Gasteiger partial charge >= 0.3 is 0 Å². The first kappa shape index (κ1) is 18.7. The SMILES string of the molecule is Cc1ccc(S(=O)(=O)N2CCCC[C@@H]2CC(=O)NCc2ccco2)cc1. The van der Waals surface area contributed by atoms with E-state index in [0.717, 1.165) is 18.4 Å². The number of nitrogens with zero attached hydrogens (tertiary/aromatic N) is 1. The van der Waals surface area contributed by atoms with Gasteiger partial charge in [-0.25, -0.2) is 8.42 Å². The molecule has 1 atom stereocenters. The van der Waals surface area contributed by atoms with Gasteiger partial charge in [0.1, 0.15) is 5.76 Å². The minimum atomic E-state index is -3.60. The van der Waals surface area contributed by atoms with Crippen LogP contribution in [0.1, 0.15) is 37.0 Å². The van der Waals surface area contributed by atoms with Crippen molar-refractivity contribution in [3.8, 4) is 0 Å². The zero-order valence-electron chi connectivity index (χ0n) is 14.8. The number of carbonyl (C=O) groups is 1. The molecule has 7 heteroatoms. The van der Waals surface area contributed by atoms with Crippen LogP contribution in [0.25, 0.3) is 0 Å². The second kappa shape index (κ2) is 8.05. The molecular formula is C19H24N2O4S. The summed E-state index contributed by atoms with van der Waals surface area (Å²) in [5.41, 5.74) is 1.01. The van der Waals surface area contributed by atoms with E-state index in [4.69, 9.17) is 4.42 Å². The Morgan fingerprint density at radius 3 is 2.69 bits per heavy atom. The molecule has 1 aromatic carbocycles. The molecule has 26 heavy (non-hydrogen) atoms. The average molecular weight is 376 g/mol. The molecular weight excluding hydrogens is 352 g/mol. The number of carbonyl (C=O) groups excluding carboxylic acids is 1. The normalized spacial score (nSPS) is 18.6. The van der Waals surface area contributed by atoms with Gasteiger partial charge in [0.15, 0.2) is 0 Å². The number of aryl methyl sites for hydroxylation is 1. The van der Waals surface area contributed by atoms with Crippen molar-refractivity contribution in [2.75, 3.05) is 6.54 Å². The van der Waals surface area contributed by atoms with Crippen LogP contribution in [0, 0.1) is 6.92 Å². The van der Waals surface area contributed by atoms with Crippen molar-refractivity contribution >= 4 is 15.9 Å².